The zero-order valence-corrected chi connectivity index (χ0v) is 17.8. The van der Waals surface area contributed by atoms with E-state index >= 15 is 0 Å². The maximum atomic E-state index is 13.2. The Kier molecular flexibility index (Phi) is 10.5. The van der Waals surface area contributed by atoms with Crippen LogP contribution in [0.4, 0.5) is 10.2 Å². The number of nitrogens with two attached hydrogens (primary N) is 1. The van der Waals surface area contributed by atoms with Gasteiger partial charge in [-0.15, -0.1) is 0 Å². The summed E-state index contributed by atoms with van der Waals surface area (Å²) >= 11 is 0. The third-order valence-corrected chi connectivity index (χ3v) is 4.61. The summed E-state index contributed by atoms with van der Waals surface area (Å²) in [5.41, 5.74) is 4.18. The number of hydrogen-bond donors (Lipinski definition) is 7. The topological polar surface area (TPSA) is 258 Å². The van der Waals surface area contributed by atoms with Crippen molar-refractivity contribution in [2.45, 2.75) is 24.5 Å². The number of aliphatic hydroxyl groups excluding tert-OH is 3. The molecule has 1 aromatic rings. The molecule has 2 rings (SSSR count). The molecule has 0 amide bonds. The Labute approximate surface area is 177 Å². The molecule has 1 aliphatic rings. The number of nitrogen functional groups attached to an aromatic ring is 1. The first-order chi connectivity index (χ1) is 12.2. The molecule has 1 saturated heterocycles. The van der Waals surface area contributed by atoms with E-state index in [1.54, 1.807) is 0 Å². The predicted octanol–water partition coefficient (Wildman–Crippen LogP) is -6.86. The average Bonchev–Trinajstić information content (AvgIpc) is 2.76. The molecule has 19 heteroatoms. The summed E-state index contributed by atoms with van der Waals surface area (Å²) in [5, 5.41) is 28.1. The molecule has 0 aliphatic carbocycles. The Bertz CT molecular complexity index is 794. The fourth-order valence-electron chi connectivity index (χ4n) is 1.88. The first-order valence-corrected chi connectivity index (χ1v) is 9.66. The normalized spacial score (nSPS) is 26.6. The van der Waals surface area contributed by atoms with Gasteiger partial charge in [-0.3, -0.25) is 9.13 Å². The zero-order chi connectivity index (χ0) is 21.2. The molecular formula is C9H15FN3NaO12P2. The van der Waals surface area contributed by atoms with Gasteiger partial charge in [0.05, 0.1) is 12.8 Å². The van der Waals surface area contributed by atoms with E-state index in [4.69, 9.17) is 30.3 Å². The average molecular weight is 461 g/mol. The van der Waals surface area contributed by atoms with Gasteiger partial charge in [-0.2, -0.15) is 4.98 Å². The summed E-state index contributed by atoms with van der Waals surface area (Å²) < 4.78 is 40.9. The molecule has 5 atom stereocenters. The molecule has 1 aromatic heterocycles. The van der Waals surface area contributed by atoms with Gasteiger partial charge in [-0.1, -0.05) is 0 Å². The van der Waals surface area contributed by atoms with Gasteiger partial charge >= 0.3 is 43.1 Å². The molecule has 15 nitrogen and oxygen atoms in total. The van der Waals surface area contributed by atoms with E-state index in [1.165, 1.54) is 0 Å². The molecule has 0 saturated carbocycles. The molecule has 8 N–H and O–H groups in total. The first kappa shape index (κ1) is 27.7. The van der Waals surface area contributed by atoms with Crippen LogP contribution in [0.25, 0.3) is 0 Å². The van der Waals surface area contributed by atoms with Crippen molar-refractivity contribution in [3.63, 3.8) is 0 Å². The number of phosphoric acid groups is 2. The minimum absolute atomic E-state index is 0. The number of hydrogen-bond acceptors (Lipinski definition) is 11. The number of aliphatic hydroxyl groups is 3. The van der Waals surface area contributed by atoms with E-state index in [0.29, 0.717) is 4.57 Å². The Morgan fingerprint density at radius 2 is 1.86 bits per heavy atom. The maximum Gasteiger partial charge on any atom is 1.00 e. The summed E-state index contributed by atoms with van der Waals surface area (Å²) in [5.74, 6) is -1.52. The fraction of sp³-hybridized carbons (Fsp3) is 0.556. The monoisotopic (exact) mass is 461 g/mol. The van der Waals surface area contributed by atoms with Crippen LogP contribution in [0.2, 0.25) is 0 Å². The van der Waals surface area contributed by atoms with E-state index in [-0.39, 0.29) is 29.6 Å². The number of aromatic nitrogens is 2. The molecule has 28 heavy (non-hydrogen) atoms. The standard InChI is InChI=1S/C9H12FN3O5.Na.H4O7P2/c10-3-1-13(9(17)12-7(3)11)8-6(16)5(15)4(2-14)18-8;;1-8(2,3)7-9(4,5)6/h1,4-6,8,14-16H,2H2,(H2,11,12,17);;(H2,1,2,3)(H2,4,5,6)/q;+1;/p-1/t4-,5-,6-,8-;;/m1../s1. The largest absolute Gasteiger partial charge is 1.00 e. The molecule has 0 bridgehead atoms. The molecule has 2 heterocycles. The van der Waals surface area contributed by atoms with E-state index in [1.807, 2.05) is 0 Å². The third-order valence-electron chi connectivity index (χ3n) is 2.93. The van der Waals surface area contributed by atoms with Crippen LogP contribution in [0, 0.1) is 5.82 Å². The Morgan fingerprint density at radius 3 is 2.21 bits per heavy atom. The van der Waals surface area contributed by atoms with Crippen LogP contribution in [-0.4, -0.2) is 64.5 Å². The smallest absolute Gasteiger partial charge is 0.756 e. The zero-order valence-electron chi connectivity index (χ0n) is 14.0. The first-order valence-electron chi connectivity index (χ1n) is 6.63. The van der Waals surface area contributed by atoms with Crippen molar-refractivity contribution in [2.75, 3.05) is 12.3 Å². The Hall–Kier alpha value is -0.290. The van der Waals surface area contributed by atoms with Gasteiger partial charge < -0.3 is 45.4 Å². The summed E-state index contributed by atoms with van der Waals surface area (Å²) in [6.45, 7) is -0.547. The summed E-state index contributed by atoms with van der Waals surface area (Å²) in [6, 6.07) is 0. The van der Waals surface area contributed by atoms with Crippen molar-refractivity contribution in [3.05, 3.63) is 22.5 Å². The van der Waals surface area contributed by atoms with Gasteiger partial charge in [0.1, 0.15) is 18.3 Å². The summed E-state index contributed by atoms with van der Waals surface area (Å²) in [4.78, 5) is 47.3. The number of anilines is 1. The molecule has 0 radical (unpaired) electrons. The fourth-order valence-corrected chi connectivity index (χ4v) is 2.96. The number of ether oxygens (including phenoxy) is 1. The number of nitrogens with zero attached hydrogens (tertiary/aromatic N) is 2. The number of halogens is 1. The second kappa shape index (κ2) is 10.7. The third kappa shape index (κ3) is 8.22. The predicted molar refractivity (Wildman–Crippen MR) is 78.8 cm³/mol. The van der Waals surface area contributed by atoms with Crippen molar-refractivity contribution in [1.82, 2.24) is 9.55 Å². The molecule has 0 spiro atoms. The quantitative estimate of drug-likeness (QED) is 0.162. The van der Waals surface area contributed by atoms with Gasteiger partial charge in [-0.25, -0.2) is 18.1 Å². The van der Waals surface area contributed by atoms with Gasteiger partial charge in [-0.05, 0) is 0 Å². The van der Waals surface area contributed by atoms with Crippen molar-refractivity contribution >= 4 is 21.5 Å². The van der Waals surface area contributed by atoms with Crippen molar-refractivity contribution in [3.8, 4) is 0 Å². The van der Waals surface area contributed by atoms with Crippen LogP contribution in [0.3, 0.4) is 0 Å². The molecule has 0 aromatic carbocycles. The van der Waals surface area contributed by atoms with Crippen LogP contribution >= 0.6 is 15.6 Å². The van der Waals surface area contributed by atoms with Gasteiger partial charge in [0.15, 0.2) is 17.9 Å². The summed E-state index contributed by atoms with van der Waals surface area (Å²) in [7, 11) is -10.4. The molecule has 1 unspecified atom stereocenters. The van der Waals surface area contributed by atoms with Crippen LogP contribution in [0.15, 0.2) is 11.0 Å². The Morgan fingerprint density at radius 1 is 1.32 bits per heavy atom. The van der Waals surface area contributed by atoms with Gasteiger partial charge in [0.25, 0.3) is 7.82 Å². The maximum absolute atomic E-state index is 13.2. The minimum atomic E-state index is -5.30. The van der Waals surface area contributed by atoms with Crippen LogP contribution in [0.5, 0.6) is 0 Å². The molecule has 156 valence electrons. The minimum Gasteiger partial charge on any atom is -0.756 e. The second-order valence-corrected chi connectivity index (χ2v) is 7.51. The van der Waals surface area contributed by atoms with Crippen LogP contribution < -0.4 is 45.9 Å². The van der Waals surface area contributed by atoms with E-state index in [9.17, 15) is 33.4 Å². The Balaban J connectivity index is 0.000000627. The van der Waals surface area contributed by atoms with Crippen LogP contribution in [-0.2, 0) is 18.2 Å². The summed E-state index contributed by atoms with van der Waals surface area (Å²) in [6.07, 6.45) is -4.52. The molecular weight excluding hydrogens is 446 g/mol. The van der Waals surface area contributed by atoms with Crippen molar-refractivity contribution in [1.29, 1.82) is 0 Å². The van der Waals surface area contributed by atoms with E-state index in [2.05, 4.69) is 9.29 Å². The van der Waals surface area contributed by atoms with Gasteiger partial charge in [0, 0.05) is 0 Å². The molecule has 1 fully saturated rings. The van der Waals surface area contributed by atoms with E-state index in [0.717, 1.165) is 6.20 Å². The van der Waals surface area contributed by atoms with Crippen LogP contribution in [0.1, 0.15) is 6.23 Å². The SMILES string of the molecule is Nc1nc(=O)n([C@@H]2O[C@H](CO)[C@@H](O)[C@H]2O)cc1F.O=P([O-])(O)OP(=O)(O)O.[Na+]. The van der Waals surface area contributed by atoms with Crippen molar-refractivity contribution < 1.29 is 87.0 Å². The molecule has 1 aliphatic heterocycles. The second-order valence-electron chi connectivity index (χ2n) is 4.93. The number of rotatable bonds is 4. The van der Waals surface area contributed by atoms with Crippen molar-refractivity contribution in [2.24, 2.45) is 0 Å². The van der Waals surface area contributed by atoms with Gasteiger partial charge in [0.2, 0.25) is 0 Å². The van der Waals surface area contributed by atoms with E-state index < -0.39 is 64.1 Å².